The Hall–Kier alpha value is -1.54. The number of ether oxygens (including phenoxy) is 1. The molecule has 1 aromatic heterocycles. The number of pyridine rings is 1. The fourth-order valence-electron chi connectivity index (χ4n) is 1.81. The third kappa shape index (κ3) is 3.71. The minimum Gasteiger partial charge on any atom is -0.487 e. The van der Waals surface area contributed by atoms with Gasteiger partial charge < -0.3 is 4.74 Å². The van der Waals surface area contributed by atoms with Crippen LogP contribution in [0.25, 0.3) is 0 Å². The van der Waals surface area contributed by atoms with Crippen LogP contribution in [0.5, 0.6) is 5.75 Å². The van der Waals surface area contributed by atoms with Crippen LogP contribution in [0.2, 0.25) is 5.02 Å². The van der Waals surface area contributed by atoms with E-state index in [0.717, 1.165) is 17.0 Å². The van der Waals surface area contributed by atoms with Crippen molar-refractivity contribution in [3.05, 3.63) is 58.4 Å². The number of benzene rings is 1. The Labute approximate surface area is 119 Å². The molecule has 3 heteroatoms. The second-order valence-corrected chi connectivity index (χ2v) is 5.37. The van der Waals surface area contributed by atoms with Crippen molar-refractivity contribution in [2.75, 3.05) is 0 Å². The average Bonchev–Trinajstić information content (AvgIpc) is 2.37. The van der Waals surface area contributed by atoms with Gasteiger partial charge in [0.2, 0.25) is 0 Å². The van der Waals surface area contributed by atoms with Gasteiger partial charge in [0.05, 0.1) is 5.69 Å². The van der Waals surface area contributed by atoms with Crippen LogP contribution in [0.15, 0.2) is 36.5 Å². The van der Waals surface area contributed by atoms with Gasteiger partial charge in [0, 0.05) is 11.2 Å². The molecule has 0 aliphatic carbocycles. The Bertz CT molecular complexity index is 566. The molecule has 0 radical (unpaired) electrons. The molecule has 0 aliphatic heterocycles. The molecule has 0 saturated heterocycles. The fourth-order valence-corrected chi connectivity index (χ4v) is 1.99. The molecule has 2 nitrogen and oxygen atoms in total. The molecule has 2 rings (SSSR count). The Balaban J connectivity index is 2.12. The molecule has 2 aromatic rings. The van der Waals surface area contributed by atoms with E-state index < -0.39 is 0 Å². The number of hydrogen-bond acceptors (Lipinski definition) is 2. The zero-order chi connectivity index (χ0) is 13.8. The summed E-state index contributed by atoms with van der Waals surface area (Å²) < 4.78 is 5.85. The Morgan fingerprint density at radius 3 is 2.68 bits per heavy atom. The van der Waals surface area contributed by atoms with Crippen molar-refractivity contribution in [3.63, 3.8) is 0 Å². The van der Waals surface area contributed by atoms with E-state index in [0.29, 0.717) is 17.5 Å². The summed E-state index contributed by atoms with van der Waals surface area (Å²) in [7, 11) is 0. The standard InChI is InChI=1S/C16H18ClNO/c1-11(2)13-5-4-12(3)16(8-13)19-10-15-9-14(17)6-7-18-15/h4-9,11H,10H2,1-3H3. The smallest absolute Gasteiger partial charge is 0.130 e. The summed E-state index contributed by atoms with van der Waals surface area (Å²) >= 11 is 5.93. The topological polar surface area (TPSA) is 22.1 Å². The minimum atomic E-state index is 0.433. The van der Waals surface area contributed by atoms with E-state index in [1.807, 2.05) is 13.0 Å². The van der Waals surface area contributed by atoms with E-state index in [1.54, 1.807) is 12.3 Å². The molecule has 1 heterocycles. The highest BCUT2D eigenvalue weighted by Gasteiger charge is 2.05. The van der Waals surface area contributed by atoms with Crippen LogP contribution in [0, 0.1) is 6.92 Å². The lowest BCUT2D eigenvalue weighted by Gasteiger charge is -2.12. The maximum atomic E-state index is 5.93. The highest BCUT2D eigenvalue weighted by Crippen LogP contribution is 2.25. The lowest BCUT2D eigenvalue weighted by Crippen LogP contribution is -2.00. The third-order valence-corrected chi connectivity index (χ3v) is 3.27. The summed E-state index contributed by atoms with van der Waals surface area (Å²) in [5, 5.41) is 0.682. The summed E-state index contributed by atoms with van der Waals surface area (Å²) in [5.74, 6) is 1.40. The molecule has 19 heavy (non-hydrogen) atoms. The molecule has 0 aliphatic rings. The summed E-state index contributed by atoms with van der Waals surface area (Å²) in [5.41, 5.74) is 3.24. The van der Waals surface area contributed by atoms with Crippen LogP contribution < -0.4 is 4.74 Å². The monoisotopic (exact) mass is 275 g/mol. The number of aromatic nitrogens is 1. The number of halogens is 1. The van der Waals surface area contributed by atoms with Crippen LogP contribution in [0.4, 0.5) is 0 Å². The van der Waals surface area contributed by atoms with Crippen LogP contribution >= 0.6 is 11.6 Å². The van der Waals surface area contributed by atoms with Gasteiger partial charge in [-0.3, -0.25) is 4.98 Å². The molecule has 0 saturated carbocycles. The van der Waals surface area contributed by atoms with Gasteiger partial charge in [0.1, 0.15) is 12.4 Å². The molecular formula is C16H18ClNO. The van der Waals surface area contributed by atoms with Gasteiger partial charge in [0.15, 0.2) is 0 Å². The van der Waals surface area contributed by atoms with Gasteiger partial charge in [-0.1, -0.05) is 37.6 Å². The first kappa shape index (κ1) is 13.9. The van der Waals surface area contributed by atoms with E-state index >= 15 is 0 Å². The van der Waals surface area contributed by atoms with Crippen LogP contribution in [0.3, 0.4) is 0 Å². The van der Waals surface area contributed by atoms with Crippen molar-refractivity contribution >= 4 is 11.6 Å². The second kappa shape index (κ2) is 6.07. The van der Waals surface area contributed by atoms with Gasteiger partial charge in [-0.05, 0) is 42.2 Å². The molecule has 0 fully saturated rings. The third-order valence-electron chi connectivity index (χ3n) is 3.03. The fraction of sp³-hybridized carbons (Fsp3) is 0.312. The Kier molecular flexibility index (Phi) is 4.43. The SMILES string of the molecule is Cc1ccc(C(C)C)cc1OCc1cc(Cl)ccn1. The highest BCUT2D eigenvalue weighted by molar-refractivity contribution is 6.30. The molecule has 0 N–H and O–H groups in total. The molecule has 1 aromatic carbocycles. The summed E-state index contributed by atoms with van der Waals surface area (Å²) in [6.45, 7) is 6.83. The first-order valence-corrected chi connectivity index (χ1v) is 6.78. The van der Waals surface area contributed by atoms with Crippen molar-refractivity contribution in [3.8, 4) is 5.75 Å². The molecule has 0 amide bonds. The van der Waals surface area contributed by atoms with Crippen molar-refractivity contribution in [2.24, 2.45) is 0 Å². The lowest BCUT2D eigenvalue weighted by atomic mass is 10.0. The van der Waals surface area contributed by atoms with Crippen LogP contribution in [-0.2, 0) is 6.61 Å². The minimum absolute atomic E-state index is 0.433. The Morgan fingerprint density at radius 2 is 2.00 bits per heavy atom. The second-order valence-electron chi connectivity index (χ2n) is 4.93. The molecule has 0 unspecified atom stereocenters. The van der Waals surface area contributed by atoms with E-state index in [9.17, 15) is 0 Å². The summed E-state index contributed by atoms with van der Waals surface area (Å²) in [4.78, 5) is 4.23. The van der Waals surface area contributed by atoms with E-state index in [-0.39, 0.29) is 0 Å². The van der Waals surface area contributed by atoms with Gasteiger partial charge in [-0.15, -0.1) is 0 Å². The molecule has 0 atom stereocenters. The number of hydrogen-bond donors (Lipinski definition) is 0. The number of rotatable bonds is 4. The molecule has 100 valence electrons. The van der Waals surface area contributed by atoms with Gasteiger partial charge in [-0.2, -0.15) is 0 Å². The van der Waals surface area contributed by atoms with Gasteiger partial charge in [0.25, 0.3) is 0 Å². The number of nitrogens with zero attached hydrogens (tertiary/aromatic N) is 1. The molecular weight excluding hydrogens is 258 g/mol. The average molecular weight is 276 g/mol. The Morgan fingerprint density at radius 1 is 1.21 bits per heavy atom. The molecule has 0 bridgehead atoms. The maximum Gasteiger partial charge on any atom is 0.130 e. The van der Waals surface area contributed by atoms with E-state index in [1.165, 1.54) is 5.56 Å². The first-order valence-electron chi connectivity index (χ1n) is 6.40. The quantitative estimate of drug-likeness (QED) is 0.804. The first-order chi connectivity index (χ1) is 9.06. The normalized spacial score (nSPS) is 10.8. The largest absolute Gasteiger partial charge is 0.487 e. The van der Waals surface area contributed by atoms with E-state index in [4.69, 9.17) is 16.3 Å². The van der Waals surface area contributed by atoms with Crippen molar-refractivity contribution < 1.29 is 4.74 Å². The van der Waals surface area contributed by atoms with Crippen molar-refractivity contribution in [1.82, 2.24) is 4.98 Å². The van der Waals surface area contributed by atoms with Crippen LogP contribution in [-0.4, -0.2) is 4.98 Å². The van der Waals surface area contributed by atoms with Crippen molar-refractivity contribution in [1.29, 1.82) is 0 Å². The number of aryl methyl sites for hydroxylation is 1. The predicted octanol–water partition coefficient (Wildman–Crippen LogP) is 4.75. The molecule has 0 spiro atoms. The summed E-state index contributed by atoms with van der Waals surface area (Å²) in [6, 6.07) is 9.92. The summed E-state index contributed by atoms with van der Waals surface area (Å²) in [6.07, 6.45) is 1.69. The zero-order valence-electron chi connectivity index (χ0n) is 11.5. The van der Waals surface area contributed by atoms with Crippen LogP contribution in [0.1, 0.15) is 36.6 Å². The van der Waals surface area contributed by atoms with Gasteiger partial charge >= 0.3 is 0 Å². The highest BCUT2D eigenvalue weighted by atomic mass is 35.5. The van der Waals surface area contributed by atoms with Gasteiger partial charge in [-0.25, -0.2) is 0 Å². The zero-order valence-corrected chi connectivity index (χ0v) is 12.2. The predicted molar refractivity (Wildman–Crippen MR) is 78.8 cm³/mol. The maximum absolute atomic E-state index is 5.93. The lowest BCUT2D eigenvalue weighted by molar-refractivity contribution is 0.299. The van der Waals surface area contributed by atoms with E-state index in [2.05, 4.69) is 37.0 Å². The van der Waals surface area contributed by atoms with Crippen molar-refractivity contribution in [2.45, 2.75) is 33.3 Å².